The molecule has 0 N–H and O–H groups in total. The molecule has 2 heterocycles. The minimum absolute atomic E-state index is 0.262. The first-order valence-electron chi connectivity index (χ1n) is 8.11. The highest BCUT2D eigenvalue weighted by atomic mass is 19.1. The molecule has 4 nitrogen and oxygen atoms in total. The first kappa shape index (κ1) is 15.4. The molecule has 1 atom stereocenters. The number of halogens is 1. The number of pyridine rings is 1. The number of carbonyl (C=O) groups is 1. The van der Waals surface area contributed by atoms with Crippen molar-refractivity contribution in [3.05, 3.63) is 71.3 Å². The largest absolute Gasteiger partial charge is 0.448 e. The Kier molecular flexibility index (Phi) is 3.95. The van der Waals surface area contributed by atoms with Gasteiger partial charge in [0.15, 0.2) is 0 Å². The molecule has 1 amide bonds. The predicted octanol–water partition coefficient (Wildman–Crippen LogP) is 3.87. The summed E-state index contributed by atoms with van der Waals surface area (Å²) in [6, 6.07) is 9.57. The monoisotopic (exact) mass is 334 g/mol. The summed E-state index contributed by atoms with van der Waals surface area (Å²) in [5, 5.41) is 0. The Balaban J connectivity index is 1.56. The van der Waals surface area contributed by atoms with Crippen molar-refractivity contribution < 1.29 is 13.9 Å². The molecule has 0 spiro atoms. The molecule has 0 bridgehead atoms. The van der Waals surface area contributed by atoms with E-state index in [1.54, 1.807) is 29.3 Å². The molecule has 1 aliphatic carbocycles. The third-order valence-corrected chi connectivity index (χ3v) is 4.31. The van der Waals surface area contributed by atoms with Crippen LogP contribution in [0.1, 0.15) is 24.0 Å². The van der Waals surface area contributed by atoms with Gasteiger partial charge < -0.3 is 4.74 Å². The van der Waals surface area contributed by atoms with Gasteiger partial charge in [-0.1, -0.05) is 17.9 Å². The number of ether oxygens (including phenoxy) is 1. The fourth-order valence-electron chi connectivity index (χ4n) is 3.03. The van der Waals surface area contributed by atoms with Crippen molar-refractivity contribution >= 4 is 11.9 Å². The van der Waals surface area contributed by atoms with Gasteiger partial charge in [0.2, 0.25) is 0 Å². The Morgan fingerprint density at radius 2 is 1.88 bits per heavy atom. The van der Waals surface area contributed by atoms with Crippen LogP contribution in [0.25, 0.3) is 0 Å². The third kappa shape index (κ3) is 3.11. The summed E-state index contributed by atoms with van der Waals surface area (Å²) in [5.74, 6) is 6.45. The molecular weight excluding hydrogens is 319 g/mol. The van der Waals surface area contributed by atoms with Gasteiger partial charge in [-0.15, -0.1) is 0 Å². The summed E-state index contributed by atoms with van der Waals surface area (Å²) < 4.78 is 18.1. The highest BCUT2D eigenvalue weighted by Crippen LogP contribution is 2.35. The number of anilines is 1. The molecule has 0 radical (unpaired) electrons. The average molecular weight is 334 g/mol. The number of amides is 1. The fraction of sp³-hybridized carbons (Fsp3) is 0.200. The Labute approximate surface area is 144 Å². The first-order chi connectivity index (χ1) is 12.2. The summed E-state index contributed by atoms with van der Waals surface area (Å²) in [6.07, 6.45) is 5.27. The van der Waals surface area contributed by atoms with E-state index in [1.165, 1.54) is 12.1 Å². The van der Waals surface area contributed by atoms with Crippen molar-refractivity contribution in [2.75, 3.05) is 11.5 Å². The van der Waals surface area contributed by atoms with Gasteiger partial charge in [0, 0.05) is 28.9 Å². The highest BCUT2D eigenvalue weighted by molar-refractivity contribution is 5.91. The standard InChI is InChI=1S/C20H15FN2O2/c21-17-9-6-14(7-10-17)4-5-15-8-11-19(22-12-15)23-18-3-1-2-16(18)13-25-20(23)24/h3,6-12,16H,1-2,13H2/t16-/m1/s1. The van der Waals surface area contributed by atoms with E-state index in [0.29, 0.717) is 12.4 Å². The molecule has 25 heavy (non-hydrogen) atoms. The number of benzene rings is 1. The summed E-state index contributed by atoms with van der Waals surface area (Å²) in [4.78, 5) is 18.0. The van der Waals surface area contributed by atoms with E-state index in [2.05, 4.69) is 22.9 Å². The lowest BCUT2D eigenvalue weighted by Crippen LogP contribution is -2.40. The van der Waals surface area contributed by atoms with Crippen molar-refractivity contribution in [1.29, 1.82) is 0 Å². The van der Waals surface area contributed by atoms with Crippen LogP contribution < -0.4 is 4.90 Å². The molecule has 4 rings (SSSR count). The molecule has 2 aliphatic rings. The lowest BCUT2D eigenvalue weighted by Gasteiger charge is -2.31. The topological polar surface area (TPSA) is 42.4 Å². The van der Waals surface area contributed by atoms with E-state index in [1.807, 2.05) is 6.07 Å². The molecule has 1 saturated heterocycles. The zero-order chi connectivity index (χ0) is 17.2. The molecule has 0 saturated carbocycles. The number of nitrogens with zero attached hydrogens (tertiary/aromatic N) is 2. The van der Waals surface area contributed by atoms with Gasteiger partial charge in [-0.3, -0.25) is 0 Å². The molecule has 1 aromatic carbocycles. The van der Waals surface area contributed by atoms with E-state index in [-0.39, 0.29) is 17.8 Å². The Hall–Kier alpha value is -3.13. The zero-order valence-corrected chi connectivity index (χ0v) is 13.4. The molecule has 1 fully saturated rings. The van der Waals surface area contributed by atoms with Crippen molar-refractivity contribution in [1.82, 2.24) is 4.98 Å². The lowest BCUT2D eigenvalue weighted by molar-refractivity contribution is 0.127. The molecule has 0 unspecified atom stereocenters. The van der Waals surface area contributed by atoms with Gasteiger partial charge in [0.05, 0.1) is 0 Å². The zero-order valence-electron chi connectivity index (χ0n) is 13.4. The fourth-order valence-corrected chi connectivity index (χ4v) is 3.03. The van der Waals surface area contributed by atoms with Crippen LogP contribution in [0.4, 0.5) is 15.0 Å². The number of carbonyl (C=O) groups excluding carboxylic acids is 1. The molecule has 5 heteroatoms. The van der Waals surface area contributed by atoms with Gasteiger partial charge in [-0.2, -0.15) is 0 Å². The Morgan fingerprint density at radius 1 is 1.12 bits per heavy atom. The number of aromatic nitrogens is 1. The lowest BCUT2D eigenvalue weighted by atomic mass is 10.1. The van der Waals surface area contributed by atoms with Crippen LogP contribution in [-0.2, 0) is 4.74 Å². The number of hydrogen-bond acceptors (Lipinski definition) is 3. The molecular formula is C20H15FN2O2. The quantitative estimate of drug-likeness (QED) is 0.744. The number of fused-ring (bicyclic) bond motifs is 1. The summed E-state index contributed by atoms with van der Waals surface area (Å²) >= 11 is 0. The van der Waals surface area contributed by atoms with Crippen molar-refractivity contribution in [3.63, 3.8) is 0 Å². The van der Waals surface area contributed by atoms with Gasteiger partial charge in [-0.25, -0.2) is 19.1 Å². The average Bonchev–Trinajstić information content (AvgIpc) is 3.10. The third-order valence-electron chi connectivity index (χ3n) is 4.31. The van der Waals surface area contributed by atoms with E-state index < -0.39 is 0 Å². The van der Waals surface area contributed by atoms with Crippen molar-refractivity contribution in [3.8, 4) is 11.8 Å². The molecule has 2 aromatic rings. The van der Waals surface area contributed by atoms with E-state index in [9.17, 15) is 9.18 Å². The first-order valence-corrected chi connectivity index (χ1v) is 8.11. The van der Waals surface area contributed by atoms with Crippen LogP contribution in [-0.4, -0.2) is 17.7 Å². The normalized spacial score (nSPS) is 18.8. The summed E-state index contributed by atoms with van der Waals surface area (Å²) in [6.45, 7) is 0.447. The minimum Gasteiger partial charge on any atom is -0.448 e. The van der Waals surface area contributed by atoms with Crippen LogP contribution in [0.3, 0.4) is 0 Å². The summed E-state index contributed by atoms with van der Waals surface area (Å²) in [7, 11) is 0. The SMILES string of the molecule is O=C1OC[C@H]2CCC=C2N1c1ccc(C#Cc2ccc(F)cc2)cn1. The van der Waals surface area contributed by atoms with Gasteiger partial charge in [0.1, 0.15) is 18.2 Å². The van der Waals surface area contributed by atoms with Crippen LogP contribution in [0, 0.1) is 23.6 Å². The van der Waals surface area contributed by atoms with Crippen LogP contribution >= 0.6 is 0 Å². The second kappa shape index (κ2) is 6.40. The maximum Gasteiger partial charge on any atom is 0.419 e. The Bertz CT molecular complexity index is 892. The molecule has 1 aromatic heterocycles. The van der Waals surface area contributed by atoms with Crippen LogP contribution in [0.15, 0.2) is 54.4 Å². The van der Waals surface area contributed by atoms with E-state index in [0.717, 1.165) is 29.7 Å². The number of cyclic esters (lactones) is 1. The maximum atomic E-state index is 12.9. The highest BCUT2D eigenvalue weighted by Gasteiger charge is 2.36. The number of rotatable bonds is 1. The summed E-state index contributed by atoms with van der Waals surface area (Å²) in [5.41, 5.74) is 2.42. The maximum absolute atomic E-state index is 12.9. The van der Waals surface area contributed by atoms with Gasteiger partial charge in [-0.05, 0) is 49.2 Å². The smallest absolute Gasteiger partial charge is 0.419 e. The molecule has 1 aliphatic heterocycles. The number of allylic oxidation sites excluding steroid dienone is 1. The minimum atomic E-state index is -0.387. The second-order valence-corrected chi connectivity index (χ2v) is 5.98. The Morgan fingerprint density at radius 3 is 2.64 bits per heavy atom. The molecule has 124 valence electrons. The van der Waals surface area contributed by atoms with Crippen LogP contribution in [0.5, 0.6) is 0 Å². The van der Waals surface area contributed by atoms with Gasteiger partial charge in [0.25, 0.3) is 0 Å². The predicted molar refractivity (Wildman–Crippen MR) is 91.3 cm³/mol. The second-order valence-electron chi connectivity index (χ2n) is 5.98. The van der Waals surface area contributed by atoms with Crippen molar-refractivity contribution in [2.45, 2.75) is 12.8 Å². The van der Waals surface area contributed by atoms with E-state index >= 15 is 0 Å². The van der Waals surface area contributed by atoms with Crippen LogP contribution in [0.2, 0.25) is 0 Å². The van der Waals surface area contributed by atoms with Gasteiger partial charge >= 0.3 is 6.09 Å². The van der Waals surface area contributed by atoms with Crippen molar-refractivity contribution in [2.24, 2.45) is 5.92 Å². The number of hydrogen-bond donors (Lipinski definition) is 0. The van der Waals surface area contributed by atoms with E-state index in [4.69, 9.17) is 4.74 Å².